The van der Waals surface area contributed by atoms with Gasteiger partial charge in [0.2, 0.25) is 0 Å². The molecule has 0 fully saturated rings. The van der Waals surface area contributed by atoms with Crippen LogP contribution < -0.4 is 0 Å². The highest BCUT2D eigenvalue weighted by molar-refractivity contribution is 8.02. The molecule has 0 aliphatic carbocycles. The summed E-state index contributed by atoms with van der Waals surface area (Å²) in [6, 6.07) is 20.4. The Labute approximate surface area is 119 Å². The molecule has 0 heterocycles. The van der Waals surface area contributed by atoms with Crippen LogP contribution in [0.3, 0.4) is 0 Å². The van der Waals surface area contributed by atoms with Crippen molar-refractivity contribution in [2.75, 3.05) is 0 Å². The first-order valence-electron chi connectivity index (χ1n) is 6.25. The first kappa shape index (κ1) is 13.6. The molecule has 1 nitrogen and oxygen atoms in total. The second-order valence-corrected chi connectivity index (χ2v) is 5.21. The number of aliphatic imine (C=N–C) groups is 1. The third kappa shape index (κ3) is 4.42. The normalized spacial score (nSPS) is 12.5. The Hall–Kier alpha value is -1.80. The number of nitrogens with zero attached hydrogens (tertiary/aromatic N) is 1. The summed E-state index contributed by atoms with van der Waals surface area (Å²) in [5.74, 6) is 0. The SMILES string of the molecule is CC(=N/c1ccccc1)/C(C)=C/Sc1ccccc1. The van der Waals surface area contributed by atoms with Crippen LogP contribution in [0.25, 0.3) is 0 Å². The van der Waals surface area contributed by atoms with Gasteiger partial charge in [-0.05, 0) is 49.1 Å². The summed E-state index contributed by atoms with van der Waals surface area (Å²) in [4.78, 5) is 5.85. The zero-order valence-electron chi connectivity index (χ0n) is 11.2. The predicted octanol–water partition coefficient (Wildman–Crippen LogP) is 5.48. The Morgan fingerprint density at radius 2 is 1.47 bits per heavy atom. The van der Waals surface area contributed by atoms with Gasteiger partial charge < -0.3 is 0 Å². The minimum absolute atomic E-state index is 0.998. The van der Waals surface area contributed by atoms with Gasteiger partial charge in [-0.2, -0.15) is 0 Å². The summed E-state index contributed by atoms with van der Waals surface area (Å²) in [6.07, 6.45) is 0. The van der Waals surface area contributed by atoms with Gasteiger partial charge in [-0.15, -0.1) is 0 Å². The summed E-state index contributed by atoms with van der Waals surface area (Å²) in [7, 11) is 0. The smallest absolute Gasteiger partial charge is 0.0632 e. The molecule has 0 N–H and O–H groups in total. The summed E-state index contributed by atoms with van der Waals surface area (Å²) in [5.41, 5.74) is 3.24. The van der Waals surface area contributed by atoms with E-state index in [9.17, 15) is 0 Å². The minimum Gasteiger partial charge on any atom is -0.253 e. The van der Waals surface area contributed by atoms with Crippen molar-refractivity contribution in [1.29, 1.82) is 0 Å². The Kier molecular flexibility index (Phi) is 4.99. The molecule has 0 bridgehead atoms. The van der Waals surface area contributed by atoms with E-state index < -0.39 is 0 Å². The maximum atomic E-state index is 4.61. The van der Waals surface area contributed by atoms with Gasteiger partial charge >= 0.3 is 0 Å². The number of thioether (sulfide) groups is 1. The maximum Gasteiger partial charge on any atom is 0.0632 e. The van der Waals surface area contributed by atoms with Gasteiger partial charge in [0.25, 0.3) is 0 Å². The predicted molar refractivity (Wildman–Crippen MR) is 85.3 cm³/mol. The van der Waals surface area contributed by atoms with Crippen LogP contribution >= 0.6 is 11.8 Å². The highest BCUT2D eigenvalue weighted by Crippen LogP contribution is 2.21. The van der Waals surface area contributed by atoms with Crippen LogP contribution in [-0.2, 0) is 0 Å². The molecular formula is C17H17NS. The van der Waals surface area contributed by atoms with Gasteiger partial charge in [-0.3, -0.25) is 4.99 Å². The molecule has 96 valence electrons. The van der Waals surface area contributed by atoms with E-state index in [2.05, 4.69) is 41.6 Å². The van der Waals surface area contributed by atoms with E-state index in [0.29, 0.717) is 0 Å². The van der Waals surface area contributed by atoms with Crippen molar-refractivity contribution < 1.29 is 0 Å². The first-order chi connectivity index (χ1) is 9.25. The average molecular weight is 267 g/mol. The zero-order valence-corrected chi connectivity index (χ0v) is 12.0. The molecule has 0 unspecified atom stereocenters. The van der Waals surface area contributed by atoms with Crippen LogP contribution in [-0.4, -0.2) is 5.71 Å². The fourth-order valence-corrected chi connectivity index (χ4v) is 2.32. The van der Waals surface area contributed by atoms with Crippen molar-refractivity contribution in [3.05, 3.63) is 71.6 Å². The number of allylic oxidation sites excluding steroid dienone is 1. The molecule has 19 heavy (non-hydrogen) atoms. The molecule has 0 saturated carbocycles. The number of rotatable bonds is 4. The van der Waals surface area contributed by atoms with E-state index in [1.807, 2.05) is 43.3 Å². The minimum atomic E-state index is 0.998. The van der Waals surface area contributed by atoms with Crippen molar-refractivity contribution in [3.8, 4) is 0 Å². The number of para-hydroxylation sites is 1. The highest BCUT2D eigenvalue weighted by atomic mass is 32.2. The van der Waals surface area contributed by atoms with Gasteiger partial charge in [0.1, 0.15) is 0 Å². The molecule has 2 rings (SSSR count). The first-order valence-corrected chi connectivity index (χ1v) is 7.13. The second kappa shape index (κ2) is 6.95. The lowest BCUT2D eigenvalue weighted by molar-refractivity contribution is 1.45. The third-order valence-corrected chi connectivity index (χ3v) is 3.75. The quantitative estimate of drug-likeness (QED) is 0.528. The lowest BCUT2D eigenvalue weighted by atomic mass is 10.2. The molecule has 2 aromatic carbocycles. The maximum absolute atomic E-state index is 4.61. The number of benzene rings is 2. The number of hydrogen-bond acceptors (Lipinski definition) is 2. The van der Waals surface area contributed by atoms with E-state index in [4.69, 9.17) is 0 Å². The second-order valence-electron chi connectivity index (χ2n) is 4.26. The van der Waals surface area contributed by atoms with Gasteiger partial charge in [0.15, 0.2) is 0 Å². The van der Waals surface area contributed by atoms with Gasteiger partial charge in [0, 0.05) is 10.6 Å². The van der Waals surface area contributed by atoms with Crippen molar-refractivity contribution in [2.45, 2.75) is 18.7 Å². The summed E-state index contributed by atoms with van der Waals surface area (Å²) in [6.45, 7) is 4.14. The van der Waals surface area contributed by atoms with Crippen molar-refractivity contribution >= 4 is 23.2 Å². The largest absolute Gasteiger partial charge is 0.253 e. The van der Waals surface area contributed by atoms with Crippen molar-refractivity contribution in [1.82, 2.24) is 0 Å². The topological polar surface area (TPSA) is 12.4 Å². The standard InChI is InChI=1S/C17H17NS/c1-14(13-19-17-11-7-4-8-12-17)15(2)18-16-9-5-3-6-10-16/h3-13H,1-2H3/b14-13+,18-15-. The van der Waals surface area contributed by atoms with Crippen molar-refractivity contribution in [3.63, 3.8) is 0 Å². The van der Waals surface area contributed by atoms with Crippen LogP contribution in [0.15, 0.2) is 81.5 Å². The average Bonchev–Trinajstić information content (AvgIpc) is 2.47. The van der Waals surface area contributed by atoms with E-state index in [1.165, 1.54) is 10.5 Å². The molecular weight excluding hydrogens is 250 g/mol. The zero-order chi connectivity index (χ0) is 13.5. The number of hydrogen-bond donors (Lipinski definition) is 0. The fraction of sp³-hybridized carbons (Fsp3) is 0.118. The molecule has 2 heteroatoms. The summed E-state index contributed by atoms with van der Waals surface area (Å²) >= 11 is 1.72. The van der Waals surface area contributed by atoms with Crippen LogP contribution in [0.2, 0.25) is 0 Å². The molecule has 0 amide bonds. The van der Waals surface area contributed by atoms with E-state index in [1.54, 1.807) is 11.8 Å². The lowest BCUT2D eigenvalue weighted by Gasteiger charge is -2.02. The Bertz CT molecular complexity index is 571. The Morgan fingerprint density at radius 3 is 2.11 bits per heavy atom. The molecule has 0 spiro atoms. The van der Waals surface area contributed by atoms with Gasteiger partial charge in [-0.25, -0.2) is 0 Å². The summed E-state index contributed by atoms with van der Waals surface area (Å²) < 4.78 is 0. The van der Waals surface area contributed by atoms with Gasteiger partial charge in [0.05, 0.1) is 5.69 Å². The Balaban J connectivity index is 2.07. The summed E-state index contributed by atoms with van der Waals surface area (Å²) in [5, 5.41) is 2.15. The lowest BCUT2D eigenvalue weighted by Crippen LogP contribution is -1.91. The highest BCUT2D eigenvalue weighted by Gasteiger charge is 1.96. The van der Waals surface area contributed by atoms with Gasteiger partial charge in [-0.1, -0.05) is 48.2 Å². The van der Waals surface area contributed by atoms with Crippen LogP contribution in [0.5, 0.6) is 0 Å². The molecule has 0 aliphatic heterocycles. The molecule has 0 aromatic heterocycles. The van der Waals surface area contributed by atoms with E-state index >= 15 is 0 Å². The van der Waals surface area contributed by atoms with E-state index in [0.717, 1.165) is 11.4 Å². The van der Waals surface area contributed by atoms with Crippen molar-refractivity contribution in [2.24, 2.45) is 4.99 Å². The van der Waals surface area contributed by atoms with Crippen LogP contribution in [0, 0.1) is 0 Å². The molecule has 0 radical (unpaired) electrons. The van der Waals surface area contributed by atoms with E-state index in [-0.39, 0.29) is 0 Å². The van der Waals surface area contributed by atoms with Crippen LogP contribution in [0.4, 0.5) is 5.69 Å². The molecule has 2 aromatic rings. The third-order valence-electron chi connectivity index (χ3n) is 2.74. The molecule has 0 saturated heterocycles. The molecule has 0 atom stereocenters. The van der Waals surface area contributed by atoms with Crippen LogP contribution in [0.1, 0.15) is 13.8 Å². The Morgan fingerprint density at radius 1 is 0.895 bits per heavy atom. The monoisotopic (exact) mass is 267 g/mol. The molecule has 0 aliphatic rings. The fourth-order valence-electron chi connectivity index (χ4n) is 1.53.